The van der Waals surface area contributed by atoms with Gasteiger partial charge in [-0.15, -0.1) is 0 Å². The standard InChI is InChI=1S/C25H25N3O4/c29-23(32-17-18-9-3-1-4-10-18)16-28-22-14-8-7-13-20(22)26-15-21(25(28)31)27-24(30)19-11-5-2-6-12-19/h1-7,9-13,21-22H,8,14-17H2,(H,27,30)/t21-,22?/m0/s1. The monoisotopic (exact) mass is 431 g/mol. The van der Waals surface area contributed by atoms with Crippen LogP contribution in [0.15, 0.2) is 77.8 Å². The zero-order valence-corrected chi connectivity index (χ0v) is 17.6. The van der Waals surface area contributed by atoms with Gasteiger partial charge in [0.25, 0.3) is 5.91 Å². The second kappa shape index (κ2) is 10.0. The zero-order valence-electron chi connectivity index (χ0n) is 17.6. The minimum Gasteiger partial charge on any atom is -0.459 e. The molecule has 0 fully saturated rings. The molecule has 7 nitrogen and oxygen atoms in total. The summed E-state index contributed by atoms with van der Waals surface area (Å²) in [5, 5.41) is 2.78. The Morgan fingerprint density at radius 3 is 2.53 bits per heavy atom. The molecular weight excluding hydrogens is 406 g/mol. The predicted molar refractivity (Wildman–Crippen MR) is 120 cm³/mol. The molecule has 2 amide bonds. The van der Waals surface area contributed by atoms with Gasteiger partial charge in [0.1, 0.15) is 19.2 Å². The number of hydrogen-bond donors (Lipinski definition) is 1. The molecule has 0 radical (unpaired) electrons. The molecular formula is C25H25N3O4. The van der Waals surface area contributed by atoms with E-state index in [-0.39, 0.29) is 37.6 Å². The lowest BCUT2D eigenvalue weighted by Crippen LogP contribution is -2.54. The molecule has 32 heavy (non-hydrogen) atoms. The van der Waals surface area contributed by atoms with E-state index in [2.05, 4.69) is 10.3 Å². The van der Waals surface area contributed by atoms with Gasteiger partial charge in [-0.05, 0) is 36.6 Å². The first kappa shape index (κ1) is 21.5. The average Bonchev–Trinajstić information content (AvgIpc) is 2.96. The highest BCUT2D eigenvalue weighted by Crippen LogP contribution is 2.20. The van der Waals surface area contributed by atoms with Gasteiger partial charge >= 0.3 is 5.97 Å². The molecule has 2 aromatic rings. The van der Waals surface area contributed by atoms with Crippen LogP contribution in [0.3, 0.4) is 0 Å². The Bertz CT molecular complexity index is 1030. The Morgan fingerprint density at radius 1 is 1.06 bits per heavy atom. The summed E-state index contributed by atoms with van der Waals surface area (Å²) in [4.78, 5) is 44.7. The number of aliphatic imine (C=N–C) groups is 1. The quantitative estimate of drug-likeness (QED) is 0.712. The van der Waals surface area contributed by atoms with E-state index >= 15 is 0 Å². The summed E-state index contributed by atoms with van der Waals surface area (Å²) in [5.41, 5.74) is 2.08. The van der Waals surface area contributed by atoms with Crippen molar-refractivity contribution in [1.29, 1.82) is 0 Å². The van der Waals surface area contributed by atoms with E-state index in [1.165, 1.54) is 4.90 Å². The molecule has 1 aliphatic heterocycles. The summed E-state index contributed by atoms with van der Waals surface area (Å²) in [6, 6.07) is 16.9. The maximum absolute atomic E-state index is 13.4. The fourth-order valence-corrected chi connectivity index (χ4v) is 3.87. The molecule has 2 aliphatic rings. The van der Waals surface area contributed by atoms with E-state index in [1.807, 2.05) is 48.6 Å². The number of carbonyl (C=O) groups excluding carboxylic acids is 3. The summed E-state index contributed by atoms with van der Waals surface area (Å²) in [7, 11) is 0. The number of amides is 2. The van der Waals surface area contributed by atoms with Crippen LogP contribution >= 0.6 is 0 Å². The van der Waals surface area contributed by atoms with Crippen molar-refractivity contribution in [2.24, 2.45) is 4.99 Å². The van der Waals surface area contributed by atoms with Crippen LogP contribution in [0.25, 0.3) is 0 Å². The number of benzene rings is 2. The molecule has 0 bridgehead atoms. The number of nitrogens with one attached hydrogen (secondary N) is 1. The van der Waals surface area contributed by atoms with Gasteiger partial charge in [-0.3, -0.25) is 19.4 Å². The molecule has 0 saturated carbocycles. The average molecular weight is 431 g/mol. The molecule has 0 spiro atoms. The van der Waals surface area contributed by atoms with Crippen molar-refractivity contribution >= 4 is 23.5 Å². The smallest absolute Gasteiger partial charge is 0.326 e. The second-order valence-electron chi connectivity index (χ2n) is 7.77. The molecule has 0 saturated heterocycles. The van der Waals surface area contributed by atoms with Crippen LogP contribution in [-0.4, -0.2) is 53.6 Å². The zero-order chi connectivity index (χ0) is 22.3. The molecule has 2 atom stereocenters. The highest BCUT2D eigenvalue weighted by atomic mass is 16.5. The van der Waals surface area contributed by atoms with Crippen molar-refractivity contribution in [3.8, 4) is 0 Å². The first-order valence-corrected chi connectivity index (χ1v) is 10.7. The lowest BCUT2D eigenvalue weighted by Gasteiger charge is -2.32. The number of allylic oxidation sites excluding steroid dienone is 1. The van der Waals surface area contributed by atoms with Crippen LogP contribution in [0.2, 0.25) is 0 Å². The van der Waals surface area contributed by atoms with Crippen LogP contribution in [0.1, 0.15) is 28.8 Å². The third kappa shape index (κ3) is 5.11. The van der Waals surface area contributed by atoms with Crippen LogP contribution in [-0.2, 0) is 20.9 Å². The van der Waals surface area contributed by atoms with Gasteiger partial charge in [-0.1, -0.05) is 54.6 Å². The van der Waals surface area contributed by atoms with Crippen molar-refractivity contribution in [3.63, 3.8) is 0 Å². The van der Waals surface area contributed by atoms with Gasteiger partial charge in [-0.25, -0.2) is 0 Å². The lowest BCUT2D eigenvalue weighted by molar-refractivity contribution is -0.151. The Labute approximate surface area is 186 Å². The van der Waals surface area contributed by atoms with Crippen molar-refractivity contribution in [1.82, 2.24) is 10.2 Å². The number of esters is 1. The molecule has 1 heterocycles. The Kier molecular flexibility index (Phi) is 6.75. The van der Waals surface area contributed by atoms with Gasteiger partial charge in [0.05, 0.1) is 18.3 Å². The number of carbonyl (C=O) groups is 3. The highest BCUT2D eigenvalue weighted by molar-refractivity contribution is 6.05. The van der Waals surface area contributed by atoms with Gasteiger partial charge in [-0.2, -0.15) is 0 Å². The Morgan fingerprint density at radius 2 is 1.78 bits per heavy atom. The van der Waals surface area contributed by atoms with Gasteiger partial charge in [0.15, 0.2) is 0 Å². The van der Waals surface area contributed by atoms with Crippen LogP contribution in [0, 0.1) is 0 Å². The van der Waals surface area contributed by atoms with Gasteiger partial charge in [0, 0.05) is 5.56 Å². The SMILES string of the molecule is O=C(CN1C(=O)[C@@H](NC(=O)c2ccccc2)CN=C2C=CCCC21)OCc1ccccc1. The minimum absolute atomic E-state index is 0.128. The number of nitrogens with zero attached hydrogens (tertiary/aromatic N) is 2. The predicted octanol–water partition coefficient (Wildman–Crippen LogP) is 2.53. The number of ether oxygens (including phenoxy) is 1. The van der Waals surface area contributed by atoms with E-state index in [0.29, 0.717) is 12.0 Å². The normalized spacial score (nSPS) is 20.1. The fraction of sp³-hybridized carbons (Fsp3) is 0.280. The Hall–Kier alpha value is -3.74. The van der Waals surface area contributed by atoms with E-state index in [1.54, 1.807) is 24.3 Å². The molecule has 2 aromatic carbocycles. The van der Waals surface area contributed by atoms with Crippen LogP contribution in [0.4, 0.5) is 0 Å². The van der Waals surface area contributed by atoms with Crippen LogP contribution < -0.4 is 5.32 Å². The van der Waals surface area contributed by atoms with Crippen molar-refractivity contribution in [3.05, 3.63) is 83.9 Å². The molecule has 0 aromatic heterocycles. The van der Waals surface area contributed by atoms with Crippen molar-refractivity contribution in [2.45, 2.75) is 31.5 Å². The third-order valence-corrected chi connectivity index (χ3v) is 5.53. The number of fused-ring (bicyclic) bond motifs is 1. The summed E-state index contributed by atoms with van der Waals surface area (Å²) in [6.07, 6.45) is 5.36. The van der Waals surface area contributed by atoms with Gasteiger partial charge in [0.2, 0.25) is 5.91 Å². The lowest BCUT2D eigenvalue weighted by atomic mass is 9.98. The summed E-state index contributed by atoms with van der Waals surface area (Å²) >= 11 is 0. The first-order chi connectivity index (χ1) is 15.6. The summed E-state index contributed by atoms with van der Waals surface area (Å²) in [6.45, 7) is 0.0748. The molecule has 1 unspecified atom stereocenters. The maximum atomic E-state index is 13.4. The molecule has 1 N–H and O–H groups in total. The maximum Gasteiger partial charge on any atom is 0.326 e. The van der Waals surface area contributed by atoms with E-state index < -0.39 is 12.0 Å². The number of hydrogen-bond acceptors (Lipinski definition) is 5. The van der Waals surface area contributed by atoms with Crippen molar-refractivity contribution in [2.75, 3.05) is 13.1 Å². The minimum atomic E-state index is -0.851. The highest BCUT2D eigenvalue weighted by Gasteiger charge is 2.37. The molecule has 164 valence electrons. The van der Waals surface area contributed by atoms with E-state index in [4.69, 9.17) is 4.74 Å². The van der Waals surface area contributed by atoms with E-state index in [9.17, 15) is 14.4 Å². The second-order valence-corrected chi connectivity index (χ2v) is 7.77. The first-order valence-electron chi connectivity index (χ1n) is 10.7. The van der Waals surface area contributed by atoms with Gasteiger partial charge < -0.3 is 15.0 Å². The topological polar surface area (TPSA) is 88.1 Å². The molecule has 1 aliphatic carbocycles. The summed E-state index contributed by atoms with van der Waals surface area (Å²) in [5.74, 6) is -1.17. The number of rotatable bonds is 6. The van der Waals surface area contributed by atoms with Crippen molar-refractivity contribution < 1.29 is 19.1 Å². The molecule has 4 rings (SSSR count). The summed E-state index contributed by atoms with van der Waals surface area (Å²) < 4.78 is 5.41. The fourth-order valence-electron chi connectivity index (χ4n) is 3.87. The molecule has 7 heteroatoms. The van der Waals surface area contributed by atoms with Crippen LogP contribution in [0.5, 0.6) is 0 Å². The Balaban J connectivity index is 1.48. The van der Waals surface area contributed by atoms with E-state index in [0.717, 1.165) is 17.7 Å². The third-order valence-electron chi connectivity index (χ3n) is 5.53. The largest absolute Gasteiger partial charge is 0.459 e.